The fraction of sp³-hybridized carbons (Fsp3) is 0.929. The molecule has 1 unspecified atom stereocenters. The van der Waals surface area contributed by atoms with Crippen LogP contribution in [0.2, 0.25) is 0 Å². The van der Waals surface area contributed by atoms with E-state index in [0.717, 1.165) is 31.8 Å². The Balaban J connectivity index is 1.95. The van der Waals surface area contributed by atoms with Gasteiger partial charge in [0.15, 0.2) is 0 Å². The molecule has 1 saturated carbocycles. The highest BCUT2D eigenvalue weighted by atomic mass is 16.5. The summed E-state index contributed by atoms with van der Waals surface area (Å²) < 4.78 is 5.18. The van der Waals surface area contributed by atoms with Gasteiger partial charge in [-0.1, -0.05) is 6.92 Å². The van der Waals surface area contributed by atoms with Gasteiger partial charge in [0.25, 0.3) is 0 Å². The molecule has 1 saturated heterocycles. The zero-order chi connectivity index (χ0) is 13.2. The van der Waals surface area contributed by atoms with Gasteiger partial charge >= 0.3 is 5.97 Å². The number of hydrogen-bond donors (Lipinski definition) is 1. The monoisotopic (exact) mass is 254 g/mol. The molecule has 0 spiro atoms. The molecule has 104 valence electrons. The number of carbonyl (C=O) groups is 1. The van der Waals surface area contributed by atoms with E-state index >= 15 is 0 Å². The van der Waals surface area contributed by atoms with Gasteiger partial charge in [0, 0.05) is 6.54 Å². The number of carbonyl (C=O) groups excluding carboxylic acids is 1. The molecule has 1 aliphatic heterocycles. The average Bonchev–Trinajstić information content (AvgIpc) is 3.16. The maximum atomic E-state index is 12.1. The van der Waals surface area contributed by atoms with E-state index in [1.54, 1.807) is 0 Å². The summed E-state index contributed by atoms with van der Waals surface area (Å²) in [6, 6.07) is 0. The molecule has 1 aliphatic carbocycles. The molecule has 2 aliphatic rings. The molecule has 1 heterocycles. The molecular formula is C14H26N2O2. The minimum absolute atomic E-state index is 0.203. The van der Waals surface area contributed by atoms with E-state index in [-0.39, 0.29) is 5.97 Å². The highest BCUT2D eigenvalue weighted by molar-refractivity contribution is 5.82. The predicted molar refractivity (Wildman–Crippen MR) is 71.1 cm³/mol. The quantitative estimate of drug-likeness (QED) is 0.753. The van der Waals surface area contributed by atoms with Crippen LogP contribution >= 0.6 is 0 Å². The third-order valence-corrected chi connectivity index (χ3v) is 4.32. The summed E-state index contributed by atoms with van der Waals surface area (Å²) in [6.07, 6.45) is 4.56. The Hall–Kier alpha value is -0.610. The lowest BCUT2D eigenvalue weighted by molar-refractivity contribution is -0.151. The van der Waals surface area contributed by atoms with Crippen molar-refractivity contribution >= 4 is 5.97 Å². The fourth-order valence-corrected chi connectivity index (χ4v) is 2.81. The molecule has 0 aromatic carbocycles. The zero-order valence-electron chi connectivity index (χ0n) is 11.7. The van der Waals surface area contributed by atoms with Crippen LogP contribution in [-0.4, -0.2) is 42.6 Å². The molecule has 0 aromatic rings. The molecule has 0 aromatic heterocycles. The van der Waals surface area contributed by atoms with Crippen LogP contribution in [0.3, 0.4) is 0 Å². The van der Waals surface area contributed by atoms with Crippen LogP contribution in [0.15, 0.2) is 0 Å². The Bertz CT molecular complexity index is 296. The van der Waals surface area contributed by atoms with Crippen LogP contribution in [-0.2, 0) is 9.53 Å². The minimum Gasteiger partial charge on any atom is -0.465 e. The van der Waals surface area contributed by atoms with E-state index in [2.05, 4.69) is 11.8 Å². The van der Waals surface area contributed by atoms with Crippen molar-refractivity contribution in [1.82, 2.24) is 4.90 Å². The third-order valence-electron chi connectivity index (χ3n) is 4.32. The minimum atomic E-state index is -0.767. The normalized spacial score (nSPS) is 25.7. The van der Waals surface area contributed by atoms with Crippen molar-refractivity contribution in [3.05, 3.63) is 0 Å². The number of rotatable bonds is 5. The first-order valence-corrected chi connectivity index (χ1v) is 7.24. The molecule has 2 N–H and O–H groups in total. The van der Waals surface area contributed by atoms with Gasteiger partial charge in [-0.05, 0) is 57.5 Å². The second kappa shape index (κ2) is 5.57. The van der Waals surface area contributed by atoms with Crippen molar-refractivity contribution in [3.63, 3.8) is 0 Å². The highest BCUT2D eigenvalue weighted by Gasteiger charge is 2.50. The molecule has 2 rings (SSSR count). The number of piperidine rings is 1. The molecule has 1 atom stereocenters. The van der Waals surface area contributed by atoms with Crippen LogP contribution in [0.4, 0.5) is 0 Å². The van der Waals surface area contributed by atoms with Crippen LogP contribution in [0, 0.1) is 11.8 Å². The maximum absolute atomic E-state index is 12.1. The number of ether oxygens (including phenoxy) is 1. The van der Waals surface area contributed by atoms with Crippen molar-refractivity contribution in [2.75, 3.05) is 26.2 Å². The van der Waals surface area contributed by atoms with Crippen molar-refractivity contribution in [1.29, 1.82) is 0 Å². The maximum Gasteiger partial charge on any atom is 0.327 e. The van der Waals surface area contributed by atoms with E-state index < -0.39 is 5.54 Å². The molecule has 0 radical (unpaired) electrons. The van der Waals surface area contributed by atoms with E-state index in [1.165, 1.54) is 12.8 Å². The Morgan fingerprint density at radius 2 is 1.94 bits per heavy atom. The summed E-state index contributed by atoms with van der Waals surface area (Å²) >= 11 is 0. The van der Waals surface area contributed by atoms with Gasteiger partial charge in [0.2, 0.25) is 0 Å². The highest BCUT2D eigenvalue weighted by Crippen LogP contribution is 2.39. The molecule has 4 heteroatoms. The number of nitrogens with zero attached hydrogens (tertiary/aromatic N) is 1. The molecule has 0 amide bonds. The molecule has 4 nitrogen and oxygen atoms in total. The number of hydrogen-bond acceptors (Lipinski definition) is 4. The summed E-state index contributed by atoms with van der Waals surface area (Å²) in [6.45, 7) is 7.34. The second-order valence-electron chi connectivity index (χ2n) is 5.99. The lowest BCUT2D eigenvalue weighted by atomic mass is 9.91. The predicted octanol–water partition coefficient (Wildman–Crippen LogP) is 1.39. The topological polar surface area (TPSA) is 55.6 Å². The van der Waals surface area contributed by atoms with Crippen molar-refractivity contribution in [2.24, 2.45) is 17.6 Å². The van der Waals surface area contributed by atoms with Gasteiger partial charge in [0.05, 0.1) is 6.61 Å². The largest absolute Gasteiger partial charge is 0.465 e. The Labute approximate surface area is 110 Å². The lowest BCUT2D eigenvalue weighted by Gasteiger charge is -2.37. The smallest absolute Gasteiger partial charge is 0.327 e. The number of esters is 1. The Morgan fingerprint density at radius 1 is 1.33 bits per heavy atom. The summed E-state index contributed by atoms with van der Waals surface area (Å²) in [5, 5.41) is 0. The Kier molecular flexibility index (Phi) is 4.28. The molecule has 2 fully saturated rings. The van der Waals surface area contributed by atoms with Gasteiger partial charge < -0.3 is 15.4 Å². The first kappa shape index (κ1) is 13.8. The Morgan fingerprint density at radius 3 is 2.44 bits per heavy atom. The molecule has 18 heavy (non-hydrogen) atoms. The van der Waals surface area contributed by atoms with E-state index in [1.807, 2.05) is 6.92 Å². The van der Waals surface area contributed by atoms with E-state index in [9.17, 15) is 4.79 Å². The summed E-state index contributed by atoms with van der Waals surface area (Å²) in [5.74, 6) is 0.930. The first-order chi connectivity index (χ1) is 8.56. The second-order valence-corrected chi connectivity index (χ2v) is 5.99. The van der Waals surface area contributed by atoms with Gasteiger partial charge in [-0.15, -0.1) is 0 Å². The molecule has 0 bridgehead atoms. The third kappa shape index (κ3) is 3.04. The van der Waals surface area contributed by atoms with Crippen LogP contribution < -0.4 is 5.73 Å². The number of nitrogens with two attached hydrogens (primary N) is 1. The average molecular weight is 254 g/mol. The summed E-state index contributed by atoms with van der Waals surface area (Å²) in [4.78, 5) is 14.5. The van der Waals surface area contributed by atoms with E-state index in [4.69, 9.17) is 10.5 Å². The van der Waals surface area contributed by atoms with Gasteiger partial charge in [-0.2, -0.15) is 0 Å². The van der Waals surface area contributed by atoms with Crippen molar-refractivity contribution in [3.8, 4) is 0 Å². The summed E-state index contributed by atoms with van der Waals surface area (Å²) in [7, 11) is 0. The van der Waals surface area contributed by atoms with Gasteiger partial charge in [0.1, 0.15) is 5.54 Å². The first-order valence-electron chi connectivity index (χ1n) is 7.24. The van der Waals surface area contributed by atoms with Crippen molar-refractivity contribution in [2.45, 2.75) is 45.1 Å². The number of likely N-dealkylation sites (tertiary alicyclic amines) is 1. The van der Waals surface area contributed by atoms with Gasteiger partial charge in [-0.3, -0.25) is 0 Å². The van der Waals surface area contributed by atoms with Crippen LogP contribution in [0.1, 0.15) is 39.5 Å². The van der Waals surface area contributed by atoms with E-state index in [0.29, 0.717) is 19.1 Å². The lowest BCUT2D eigenvalue weighted by Crippen LogP contribution is -2.59. The molecular weight excluding hydrogens is 228 g/mol. The van der Waals surface area contributed by atoms with Crippen LogP contribution in [0.5, 0.6) is 0 Å². The van der Waals surface area contributed by atoms with Gasteiger partial charge in [-0.25, -0.2) is 4.79 Å². The van der Waals surface area contributed by atoms with Crippen LogP contribution in [0.25, 0.3) is 0 Å². The zero-order valence-corrected chi connectivity index (χ0v) is 11.7. The summed E-state index contributed by atoms with van der Waals surface area (Å²) in [5.41, 5.74) is 5.61. The standard InChI is InChI=1S/C14H26N2O2/c1-3-18-13(17)14(15,12-4-5-12)10-16-8-6-11(2)7-9-16/h11-12H,3-10,15H2,1-2H3. The fourth-order valence-electron chi connectivity index (χ4n) is 2.81. The van der Waals surface area contributed by atoms with Crippen molar-refractivity contribution < 1.29 is 9.53 Å². The SMILES string of the molecule is CCOC(=O)C(N)(CN1CCC(C)CC1)C1CC1.